The van der Waals surface area contributed by atoms with Crippen LogP contribution in [0, 0.1) is 0 Å². The van der Waals surface area contributed by atoms with E-state index in [9.17, 15) is 0 Å². The normalized spacial score (nSPS) is 10.7. The molecule has 1 heteroatoms. The van der Waals surface area contributed by atoms with Crippen LogP contribution in [0.15, 0.2) is 127 Å². The quantitative estimate of drug-likeness (QED) is 0.264. The summed E-state index contributed by atoms with van der Waals surface area (Å²) >= 11 is 1.86. The minimum absolute atomic E-state index is 1.23. The Balaban J connectivity index is 1.88. The van der Waals surface area contributed by atoms with Crippen LogP contribution >= 0.6 is 11.3 Å². The van der Waals surface area contributed by atoms with E-state index in [4.69, 9.17) is 0 Å². The van der Waals surface area contributed by atoms with E-state index in [0.29, 0.717) is 0 Å². The van der Waals surface area contributed by atoms with Crippen molar-refractivity contribution in [2.24, 2.45) is 0 Å². The highest BCUT2D eigenvalue weighted by Gasteiger charge is 2.26. The SMILES string of the molecule is c1ccc(-c2cc(-c3ccccc3)c(-c3ccccc3)c(-c3ccccc3)[s+]2)cc1. The minimum atomic E-state index is 1.23. The van der Waals surface area contributed by atoms with E-state index in [1.807, 2.05) is 11.3 Å². The van der Waals surface area contributed by atoms with E-state index in [2.05, 4.69) is 127 Å². The van der Waals surface area contributed by atoms with Crippen LogP contribution in [0.1, 0.15) is 0 Å². The molecule has 0 saturated heterocycles. The maximum Gasteiger partial charge on any atom is 0.247 e. The highest BCUT2D eigenvalue weighted by molar-refractivity contribution is 7.19. The lowest BCUT2D eigenvalue weighted by Gasteiger charge is -2.12. The van der Waals surface area contributed by atoms with Crippen molar-refractivity contribution in [1.29, 1.82) is 0 Å². The van der Waals surface area contributed by atoms with Crippen LogP contribution in [0.25, 0.3) is 43.1 Å². The average molecular weight is 402 g/mol. The Bertz CT molecular complexity index is 1180. The first kappa shape index (κ1) is 18.5. The molecule has 4 aromatic carbocycles. The molecule has 30 heavy (non-hydrogen) atoms. The van der Waals surface area contributed by atoms with Gasteiger partial charge >= 0.3 is 0 Å². The van der Waals surface area contributed by atoms with Crippen LogP contribution in [-0.4, -0.2) is 0 Å². The van der Waals surface area contributed by atoms with Gasteiger partial charge in [-0.2, -0.15) is 0 Å². The molecule has 0 unspecified atom stereocenters. The Morgan fingerprint density at radius 3 is 1.37 bits per heavy atom. The third-order valence-corrected chi connectivity index (χ3v) is 6.44. The topological polar surface area (TPSA) is 0 Å². The van der Waals surface area contributed by atoms with E-state index < -0.39 is 0 Å². The van der Waals surface area contributed by atoms with Gasteiger partial charge in [-0.15, -0.1) is 0 Å². The molecule has 142 valence electrons. The predicted molar refractivity (Wildman–Crippen MR) is 130 cm³/mol. The Morgan fingerprint density at radius 2 is 0.833 bits per heavy atom. The van der Waals surface area contributed by atoms with Crippen molar-refractivity contribution in [2.45, 2.75) is 0 Å². The van der Waals surface area contributed by atoms with Gasteiger partial charge in [-0.3, -0.25) is 0 Å². The van der Waals surface area contributed by atoms with Gasteiger partial charge in [0.2, 0.25) is 21.1 Å². The molecule has 0 bridgehead atoms. The van der Waals surface area contributed by atoms with Gasteiger partial charge in [-0.1, -0.05) is 97.1 Å². The monoisotopic (exact) mass is 401 g/mol. The minimum Gasteiger partial charge on any atom is -0.0622 e. The number of rotatable bonds is 4. The summed E-state index contributed by atoms with van der Waals surface area (Å²) in [6.07, 6.45) is 0. The van der Waals surface area contributed by atoms with Crippen LogP contribution in [0.3, 0.4) is 0 Å². The molecule has 5 rings (SSSR count). The zero-order valence-corrected chi connectivity index (χ0v) is 17.3. The molecule has 0 nitrogen and oxygen atoms in total. The van der Waals surface area contributed by atoms with Gasteiger partial charge in [-0.25, -0.2) is 0 Å². The Kier molecular flexibility index (Phi) is 5.20. The second-order valence-corrected chi connectivity index (χ2v) is 8.24. The van der Waals surface area contributed by atoms with Gasteiger partial charge in [0, 0.05) is 22.8 Å². The standard InChI is InChI=1S/C29H21S/c1-5-13-22(14-6-1)26-21-27(23-15-7-2-8-16-23)30-29(25-19-11-4-12-20-25)28(26)24-17-9-3-10-18-24/h1-21H/q+1. The fraction of sp³-hybridized carbons (Fsp3) is 0. The van der Waals surface area contributed by atoms with Crippen molar-refractivity contribution < 1.29 is 0 Å². The first-order chi connectivity index (χ1) is 14.9. The molecule has 0 aliphatic carbocycles. The lowest BCUT2D eigenvalue weighted by Crippen LogP contribution is -1.90. The van der Waals surface area contributed by atoms with Gasteiger partial charge in [0.25, 0.3) is 0 Å². The molecule has 0 saturated carbocycles. The molecular formula is C29H21S+. The van der Waals surface area contributed by atoms with Crippen LogP contribution in [-0.2, 0) is 0 Å². The first-order valence-electron chi connectivity index (χ1n) is 10.1. The van der Waals surface area contributed by atoms with Crippen molar-refractivity contribution in [3.8, 4) is 43.1 Å². The molecule has 0 aliphatic heterocycles. The molecule has 0 radical (unpaired) electrons. The first-order valence-corrected chi connectivity index (χ1v) is 10.9. The zero-order chi connectivity index (χ0) is 20.2. The van der Waals surface area contributed by atoms with Crippen molar-refractivity contribution >= 4 is 11.3 Å². The van der Waals surface area contributed by atoms with Crippen molar-refractivity contribution in [3.63, 3.8) is 0 Å². The average Bonchev–Trinajstić information content (AvgIpc) is 2.85. The summed E-state index contributed by atoms with van der Waals surface area (Å²) < 4.78 is 0. The summed E-state index contributed by atoms with van der Waals surface area (Å²) in [6.45, 7) is 0. The van der Waals surface area contributed by atoms with Crippen LogP contribution in [0.4, 0.5) is 0 Å². The van der Waals surface area contributed by atoms with E-state index in [1.165, 1.54) is 43.1 Å². The zero-order valence-electron chi connectivity index (χ0n) is 16.5. The Morgan fingerprint density at radius 1 is 0.400 bits per heavy atom. The van der Waals surface area contributed by atoms with Crippen LogP contribution in [0.5, 0.6) is 0 Å². The maximum atomic E-state index is 2.35. The summed E-state index contributed by atoms with van der Waals surface area (Å²) in [5.41, 5.74) is 7.52. The lowest BCUT2D eigenvalue weighted by molar-refractivity contribution is 1.59. The Labute approximate surface area is 181 Å². The molecule has 0 amide bonds. The number of hydrogen-bond donors (Lipinski definition) is 0. The van der Waals surface area contributed by atoms with Crippen molar-refractivity contribution in [1.82, 2.24) is 0 Å². The van der Waals surface area contributed by atoms with Gasteiger partial charge in [0.1, 0.15) is 0 Å². The van der Waals surface area contributed by atoms with Crippen LogP contribution in [0.2, 0.25) is 0 Å². The summed E-state index contributed by atoms with van der Waals surface area (Å²) in [7, 11) is 0. The molecule has 0 atom stereocenters. The molecule has 0 spiro atoms. The largest absolute Gasteiger partial charge is 0.247 e. The van der Waals surface area contributed by atoms with Crippen LogP contribution < -0.4 is 0 Å². The van der Waals surface area contributed by atoms with E-state index in [0.717, 1.165) is 0 Å². The summed E-state index contributed by atoms with van der Waals surface area (Å²) in [5, 5.41) is 0. The highest BCUT2D eigenvalue weighted by atomic mass is 32.1. The second-order valence-electron chi connectivity index (χ2n) is 7.19. The van der Waals surface area contributed by atoms with E-state index in [-0.39, 0.29) is 0 Å². The maximum absolute atomic E-state index is 2.35. The molecule has 0 fully saturated rings. The molecular weight excluding hydrogens is 380 g/mol. The number of hydrogen-bond acceptors (Lipinski definition) is 0. The Hall–Kier alpha value is -3.55. The third kappa shape index (κ3) is 3.68. The van der Waals surface area contributed by atoms with Crippen molar-refractivity contribution in [3.05, 3.63) is 127 Å². The van der Waals surface area contributed by atoms with Crippen molar-refractivity contribution in [2.75, 3.05) is 0 Å². The molecule has 1 heterocycles. The molecule has 0 aliphatic rings. The fourth-order valence-corrected chi connectivity index (χ4v) is 5.02. The molecule has 0 N–H and O–H groups in total. The van der Waals surface area contributed by atoms with E-state index >= 15 is 0 Å². The highest BCUT2D eigenvalue weighted by Crippen LogP contribution is 2.46. The van der Waals surface area contributed by atoms with Gasteiger partial charge in [0.05, 0.1) is 5.56 Å². The lowest BCUT2D eigenvalue weighted by atomic mass is 9.92. The second kappa shape index (κ2) is 8.44. The molecule has 5 aromatic rings. The van der Waals surface area contributed by atoms with Gasteiger partial charge in [0.15, 0.2) is 0 Å². The number of benzene rings is 4. The fourth-order valence-electron chi connectivity index (χ4n) is 3.79. The van der Waals surface area contributed by atoms with Gasteiger partial charge < -0.3 is 0 Å². The summed E-state index contributed by atoms with van der Waals surface area (Å²) in [5.74, 6) is 0. The molecule has 1 aromatic heterocycles. The smallest absolute Gasteiger partial charge is 0.0622 e. The predicted octanol–water partition coefficient (Wildman–Crippen LogP) is 8.70. The summed E-state index contributed by atoms with van der Waals surface area (Å²) in [4.78, 5) is 2.56. The van der Waals surface area contributed by atoms with E-state index in [1.54, 1.807) is 0 Å². The van der Waals surface area contributed by atoms with Gasteiger partial charge in [-0.05, 0) is 35.4 Å². The third-order valence-electron chi connectivity index (χ3n) is 5.23. The summed E-state index contributed by atoms with van der Waals surface area (Å²) in [6, 6.07) is 45.2.